The molecule has 2 aromatic rings. The fraction of sp³-hybridized carbons (Fsp3) is 0.150. The van der Waals surface area contributed by atoms with Crippen LogP contribution < -0.4 is 4.74 Å². The highest BCUT2D eigenvalue weighted by Crippen LogP contribution is 2.36. The van der Waals surface area contributed by atoms with Crippen LogP contribution in [0.2, 0.25) is 5.02 Å². The van der Waals surface area contributed by atoms with Crippen LogP contribution in [-0.4, -0.2) is 40.8 Å². The van der Waals surface area contributed by atoms with Crippen molar-refractivity contribution in [3.8, 4) is 5.75 Å². The maximum Gasteiger partial charge on any atom is 0.265 e. The van der Waals surface area contributed by atoms with Gasteiger partial charge in [0.1, 0.15) is 18.0 Å². The Morgan fingerprint density at radius 1 is 1.14 bits per heavy atom. The van der Waals surface area contributed by atoms with Gasteiger partial charge in [0.15, 0.2) is 10.9 Å². The number of ether oxygens (including phenoxy) is 1. The zero-order valence-electron chi connectivity index (χ0n) is 15.4. The summed E-state index contributed by atoms with van der Waals surface area (Å²) in [5, 5.41) is 0.433. The standard InChI is InChI=1S/C20H15BrClFN2O3S/c1-24-18(26)14(19(27)25(2)20(24)29)7-12-8-15(21)17(16(22)9-12)28-10-11-3-5-13(23)6-4-11/h3-9H,10H2,1-2H3. The minimum absolute atomic E-state index is 0.0217. The Morgan fingerprint density at radius 2 is 1.72 bits per heavy atom. The number of hydrogen-bond donors (Lipinski definition) is 0. The van der Waals surface area contributed by atoms with Gasteiger partial charge in [-0.25, -0.2) is 4.39 Å². The van der Waals surface area contributed by atoms with Crippen LogP contribution in [0.15, 0.2) is 46.4 Å². The van der Waals surface area contributed by atoms with Crippen molar-refractivity contribution >= 4 is 62.8 Å². The van der Waals surface area contributed by atoms with E-state index in [0.717, 1.165) is 5.56 Å². The van der Waals surface area contributed by atoms with Crippen LogP contribution in [0.4, 0.5) is 4.39 Å². The van der Waals surface area contributed by atoms with Crippen molar-refractivity contribution in [3.05, 3.63) is 68.4 Å². The summed E-state index contributed by atoms with van der Waals surface area (Å²) in [6, 6.07) is 9.21. The van der Waals surface area contributed by atoms with Gasteiger partial charge in [0.2, 0.25) is 0 Å². The van der Waals surface area contributed by atoms with Gasteiger partial charge in [-0.3, -0.25) is 19.4 Å². The molecule has 1 fully saturated rings. The summed E-state index contributed by atoms with van der Waals surface area (Å²) in [5.41, 5.74) is 1.30. The van der Waals surface area contributed by atoms with Crippen molar-refractivity contribution in [1.82, 2.24) is 9.80 Å². The summed E-state index contributed by atoms with van der Waals surface area (Å²) in [5.74, 6) is -0.895. The van der Waals surface area contributed by atoms with Gasteiger partial charge in [-0.15, -0.1) is 0 Å². The van der Waals surface area contributed by atoms with E-state index in [-0.39, 0.29) is 23.1 Å². The number of likely N-dealkylation sites (N-methyl/N-ethyl adjacent to an activating group) is 2. The monoisotopic (exact) mass is 496 g/mol. The van der Waals surface area contributed by atoms with Crippen molar-refractivity contribution in [2.45, 2.75) is 6.61 Å². The molecule has 9 heteroatoms. The molecule has 1 aliphatic rings. The molecule has 1 heterocycles. The summed E-state index contributed by atoms with van der Waals surface area (Å²) in [4.78, 5) is 27.4. The SMILES string of the molecule is CN1C(=O)C(=Cc2cc(Cl)c(OCc3ccc(F)cc3)c(Br)c2)C(=O)N(C)C1=S. The Morgan fingerprint density at radius 3 is 2.28 bits per heavy atom. The molecule has 0 aromatic heterocycles. The third-order valence-electron chi connectivity index (χ3n) is 4.27. The van der Waals surface area contributed by atoms with Crippen molar-refractivity contribution < 1.29 is 18.7 Å². The number of hydrogen-bond acceptors (Lipinski definition) is 4. The van der Waals surface area contributed by atoms with E-state index in [1.165, 1.54) is 42.1 Å². The van der Waals surface area contributed by atoms with Gasteiger partial charge in [0.05, 0.1) is 9.50 Å². The summed E-state index contributed by atoms with van der Waals surface area (Å²) < 4.78 is 19.3. The number of amides is 2. The summed E-state index contributed by atoms with van der Waals surface area (Å²) >= 11 is 14.8. The Labute approximate surface area is 185 Å². The molecular weight excluding hydrogens is 483 g/mol. The largest absolute Gasteiger partial charge is 0.486 e. The molecule has 1 aliphatic heterocycles. The molecule has 0 atom stereocenters. The third kappa shape index (κ3) is 4.49. The highest BCUT2D eigenvalue weighted by molar-refractivity contribution is 9.10. The lowest BCUT2D eigenvalue weighted by Gasteiger charge is -2.31. The van der Waals surface area contributed by atoms with Crippen molar-refractivity contribution in [3.63, 3.8) is 0 Å². The van der Waals surface area contributed by atoms with E-state index in [1.807, 2.05) is 0 Å². The molecule has 0 N–H and O–H groups in total. The molecule has 0 unspecified atom stereocenters. The lowest BCUT2D eigenvalue weighted by molar-refractivity contribution is -0.132. The van der Waals surface area contributed by atoms with E-state index in [2.05, 4.69) is 15.9 Å². The van der Waals surface area contributed by atoms with E-state index in [1.54, 1.807) is 24.3 Å². The minimum atomic E-state index is -0.484. The van der Waals surface area contributed by atoms with Crippen LogP contribution in [0, 0.1) is 5.82 Å². The quantitative estimate of drug-likeness (QED) is 0.356. The maximum absolute atomic E-state index is 13.0. The maximum atomic E-state index is 13.0. The van der Waals surface area contributed by atoms with Gasteiger partial charge >= 0.3 is 0 Å². The summed E-state index contributed by atoms with van der Waals surface area (Å²) in [6.07, 6.45) is 1.46. The lowest BCUT2D eigenvalue weighted by atomic mass is 10.1. The number of carbonyl (C=O) groups is 2. The van der Waals surface area contributed by atoms with Crippen LogP contribution >= 0.6 is 39.7 Å². The lowest BCUT2D eigenvalue weighted by Crippen LogP contribution is -2.52. The first-order chi connectivity index (χ1) is 13.7. The van der Waals surface area contributed by atoms with Crippen molar-refractivity contribution in [2.24, 2.45) is 0 Å². The van der Waals surface area contributed by atoms with E-state index < -0.39 is 11.8 Å². The predicted octanol–water partition coefficient (Wildman–Crippen LogP) is 4.42. The molecule has 0 radical (unpaired) electrons. The zero-order valence-corrected chi connectivity index (χ0v) is 18.6. The average molecular weight is 498 g/mol. The molecular formula is C20H15BrClFN2O3S. The number of nitrogens with zero attached hydrogens (tertiary/aromatic N) is 2. The van der Waals surface area contributed by atoms with Crippen LogP contribution in [0.5, 0.6) is 5.75 Å². The second kappa shape index (κ2) is 8.61. The fourth-order valence-electron chi connectivity index (χ4n) is 2.68. The number of benzene rings is 2. The van der Waals surface area contributed by atoms with Gasteiger partial charge in [0.25, 0.3) is 11.8 Å². The molecule has 150 valence electrons. The molecule has 3 rings (SSSR count). The minimum Gasteiger partial charge on any atom is -0.486 e. The van der Waals surface area contributed by atoms with E-state index >= 15 is 0 Å². The molecule has 1 saturated heterocycles. The van der Waals surface area contributed by atoms with E-state index in [4.69, 9.17) is 28.6 Å². The molecule has 0 bridgehead atoms. The van der Waals surface area contributed by atoms with Crippen LogP contribution in [0.25, 0.3) is 6.08 Å². The second-order valence-electron chi connectivity index (χ2n) is 6.30. The van der Waals surface area contributed by atoms with Gasteiger partial charge < -0.3 is 4.74 Å². The van der Waals surface area contributed by atoms with Gasteiger partial charge in [0, 0.05) is 14.1 Å². The zero-order chi connectivity index (χ0) is 21.3. The molecule has 0 aliphatic carbocycles. The van der Waals surface area contributed by atoms with Gasteiger partial charge in [-0.1, -0.05) is 23.7 Å². The Hall–Kier alpha value is -2.29. The molecule has 29 heavy (non-hydrogen) atoms. The van der Waals surface area contributed by atoms with Gasteiger partial charge in [-0.2, -0.15) is 0 Å². The normalized spacial score (nSPS) is 14.5. The van der Waals surface area contributed by atoms with Crippen LogP contribution in [0.3, 0.4) is 0 Å². The Balaban J connectivity index is 1.86. The van der Waals surface area contributed by atoms with Crippen LogP contribution in [-0.2, 0) is 16.2 Å². The first-order valence-electron chi connectivity index (χ1n) is 8.37. The predicted molar refractivity (Wildman–Crippen MR) is 116 cm³/mol. The topological polar surface area (TPSA) is 49.9 Å². The smallest absolute Gasteiger partial charge is 0.265 e. The van der Waals surface area contributed by atoms with Crippen molar-refractivity contribution in [2.75, 3.05) is 14.1 Å². The molecule has 0 spiro atoms. The first kappa shape index (κ1) is 21.4. The highest BCUT2D eigenvalue weighted by atomic mass is 79.9. The average Bonchev–Trinajstić information content (AvgIpc) is 2.69. The highest BCUT2D eigenvalue weighted by Gasteiger charge is 2.35. The van der Waals surface area contributed by atoms with Gasteiger partial charge in [-0.05, 0) is 69.6 Å². The summed E-state index contributed by atoms with van der Waals surface area (Å²) in [6.45, 7) is 0.197. The number of thiocarbonyl (C=S) groups is 1. The molecule has 0 saturated carbocycles. The second-order valence-corrected chi connectivity index (χ2v) is 7.92. The number of halogens is 3. The Bertz CT molecular complexity index is 994. The number of rotatable bonds is 4. The van der Waals surface area contributed by atoms with E-state index in [9.17, 15) is 14.0 Å². The van der Waals surface area contributed by atoms with Crippen molar-refractivity contribution in [1.29, 1.82) is 0 Å². The molecule has 5 nitrogen and oxygen atoms in total. The third-order valence-corrected chi connectivity index (χ3v) is 5.69. The number of carbonyl (C=O) groups excluding carboxylic acids is 2. The Kier molecular flexibility index (Phi) is 6.36. The first-order valence-corrected chi connectivity index (χ1v) is 9.95. The molecule has 2 amide bonds. The molecule has 2 aromatic carbocycles. The van der Waals surface area contributed by atoms with E-state index in [0.29, 0.717) is 20.8 Å². The summed E-state index contributed by atoms with van der Waals surface area (Å²) in [7, 11) is 3.02. The van der Waals surface area contributed by atoms with Crippen LogP contribution in [0.1, 0.15) is 11.1 Å². The fourth-order valence-corrected chi connectivity index (χ4v) is 3.83.